The van der Waals surface area contributed by atoms with E-state index in [1.807, 2.05) is 18.3 Å². The highest BCUT2D eigenvalue weighted by Crippen LogP contribution is 2.32. The van der Waals surface area contributed by atoms with Crippen LogP contribution in [0.3, 0.4) is 0 Å². The number of hydrogen-bond donors (Lipinski definition) is 1. The number of rotatable bonds is 3. The van der Waals surface area contributed by atoms with Gasteiger partial charge in [-0.3, -0.25) is 0 Å². The number of nitrogens with two attached hydrogens (primary N) is 1. The normalized spacial score (nSPS) is 24.0. The van der Waals surface area contributed by atoms with Crippen LogP contribution in [0, 0.1) is 0 Å². The van der Waals surface area contributed by atoms with Crippen LogP contribution in [0.1, 0.15) is 36.4 Å². The summed E-state index contributed by atoms with van der Waals surface area (Å²) in [4.78, 5) is 4.70. The first-order chi connectivity index (χ1) is 7.25. The number of hydrogen-bond acceptors (Lipinski definition) is 4. The molecule has 1 aromatic rings. The summed E-state index contributed by atoms with van der Waals surface area (Å²) in [6.45, 7) is 2.04. The van der Waals surface area contributed by atoms with Crippen LogP contribution in [0.4, 0.5) is 0 Å². The molecule has 15 heavy (non-hydrogen) atoms. The molecule has 2 nitrogen and oxygen atoms in total. The Hall–Kier alpha value is -0.0600. The third-order valence-electron chi connectivity index (χ3n) is 2.61. The van der Waals surface area contributed by atoms with E-state index in [-0.39, 0.29) is 6.04 Å². The minimum atomic E-state index is 0.223. The van der Waals surface area contributed by atoms with Gasteiger partial charge in [0, 0.05) is 29.5 Å². The standard InChI is InChI=1S/C11H18N2S2/c1-8(12)5-10-7-15-11(13-10)9-3-2-4-14-6-9/h7-9H,2-6,12H2,1H3. The SMILES string of the molecule is CC(N)Cc1csc(C2CCCSC2)n1. The monoisotopic (exact) mass is 242 g/mol. The summed E-state index contributed by atoms with van der Waals surface area (Å²) in [6.07, 6.45) is 3.58. The molecule has 0 bridgehead atoms. The number of aromatic nitrogens is 1. The van der Waals surface area contributed by atoms with Gasteiger partial charge in [-0.25, -0.2) is 4.98 Å². The van der Waals surface area contributed by atoms with Gasteiger partial charge in [-0.05, 0) is 25.5 Å². The molecule has 1 aliphatic heterocycles. The van der Waals surface area contributed by atoms with Crippen LogP contribution >= 0.6 is 23.1 Å². The molecule has 0 radical (unpaired) electrons. The lowest BCUT2D eigenvalue weighted by molar-refractivity contribution is 0.649. The minimum Gasteiger partial charge on any atom is -0.328 e. The molecule has 2 atom stereocenters. The topological polar surface area (TPSA) is 38.9 Å². The first-order valence-corrected chi connectivity index (χ1v) is 7.57. The largest absolute Gasteiger partial charge is 0.328 e. The maximum absolute atomic E-state index is 5.77. The van der Waals surface area contributed by atoms with E-state index >= 15 is 0 Å². The fraction of sp³-hybridized carbons (Fsp3) is 0.727. The Morgan fingerprint density at radius 3 is 3.20 bits per heavy atom. The third kappa shape index (κ3) is 3.20. The van der Waals surface area contributed by atoms with Crippen molar-refractivity contribution in [2.75, 3.05) is 11.5 Å². The lowest BCUT2D eigenvalue weighted by atomic mass is 10.1. The van der Waals surface area contributed by atoms with Gasteiger partial charge in [0.2, 0.25) is 0 Å². The number of nitrogens with zero attached hydrogens (tertiary/aromatic N) is 1. The predicted octanol–water partition coefficient (Wildman–Crippen LogP) is 2.64. The molecule has 0 amide bonds. The van der Waals surface area contributed by atoms with Crippen molar-refractivity contribution >= 4 is 23.1 Å². The molecule has 4 heteroatoms. The van der Waals surface area contributed by atoms with Crippen molar-refractivity contribution in [1.29, 1.82) is 0 Å². The zero-order valence-corrected chi connectivity index (χ0v) is 10.7. The second-order valence-electron chi connectivity index (χ2n) is 4.27. The van der Waals surface area contributed by atoms with E-state index in [0.717, 1.165) is 6.42 Å². The summed E-state index contributed by atoms with van der Waals surface area (Å²) in [7, 11) is 0. The van der Waals surface area contributed by atoms with E-state index in [9.17, 15) is 0 Å². The molecule has 2 rings (SSSR count). The maximum Gasteiger partial charge on any atom is 0.0967 e. The van der Waals surface area contributed by atoms with Gasteiger partial charge >= 0.3 is 0 Å². The fourth-order valence-electron chi connectivity index (χ4n) is 1.87. The molecule has 0 spiro atoms. The van der Waals surface area contributed by atoms with Crippen LogP contribution in [0.25, 0.3) is 0 Å². The van der Waals surface area contributed by atoms with Gasteiger partial charge < -0.3 is 5.73 Å². The van der Waals surface area contributed by atoms with E-state index in [1.54, 1.807) is 0 Å². The molecule has 2 N–H and O–H groups in total. The molecule has 0 saturated carbocycles. The summed E-state index contributed by atoms with van der Waals surface area (Å²) < 4.78 is 0. The predicted molar refractivity (Wildman–Crippen MR) is 68.8 cm³/mol. The van der Waals surface area contributed by atoms with Gasteiger partial charge in [-0.2, -0.15) is 11.8 Å². The molecule has 1 aliphatic rings. The van der Waals surface area contributed by atoms with Crippen molar-refractivity contribution in [1.82, 2.24) is 4.98 Å². The van der Waals surface area contributed by atoms with Crippen LogP contribution in [0.2, 0.25) is 0 Å². The summed E-state index contributed by atoms with van der Waals surface area (Å²) in [6, 6.07) is 0.223. The third-order valence-corrected chi connectivity index (χ3v) is 4.88. The number of thiazole rings is 1. The summed E-state index contributed by atoms with van der Waals surface area (Å²) >= 11 is 3.88. The lowest BCUT2D eigenvalue weighted by Crippen LogP contribution is -2.18. The van der Waals surface area contributed by atoms with E-state index in [0.29, 0.717) is 5.92 Å². The molecule has 1 fully saturated rings. The molecule has 1 aromatic heterocycles. The Morgan fingerprint density at radius 2 is 2.53 bits per heavy atom. The highest BCUT2D eigenvalue weighted by molar-refractivity contribution is 7.99. The molecule has 2 unspecified atom stereocenters. The molecular weight excluding hydrogens is 224 g/mol. The van der Waals surface area contributed by atoms with Gasteiger partial charge in [0.05, 0.1) is 10.7 Å². The highest BCUT2D eigenvalue weighted by atomic mass is 32.2. The molecule has 2 heterocycles. The Labute approximate surface area is 99.7 Å². The molecule has 84 valence electrons. The second kappa shape index (κ2) is 5.32. The molecular formula is C11H18N2S2. The Balaban J connectivity index is 1.99. The zero-order chi connectivity index (χ0) is 10.7. The summed E-state index contributed by atoms with van der Waals surface area (Å²) in [5, 5.41) is 3.51. The van der Waals surface area contributed by atoms with Crippen LogP contribution in [0.5, 0.6) is 0 Å². The Bertz CT molecular complexity index is 303. The first kappa shape index (κ1) is 11.4. The second-order valence-corrected chi connectivity index (χ2v) is 6.31. The molecule has 1 saturated heterocycles. The van der Waals surface area contributed by atoms with Crippen LogP contribution in [-0.2, 0) is 6.42 Å². The quantitative estimate of drug-likeness (QED) is 0.885. The van der Waals surface area contributed by atoms with E-state index in [1.165, 1.54) is 35.0 Å². The van der Waals surface area contributed by atoms with E-state index in [2.05, 4.69) is 17.1 Å². The zero-order valence-electron chi connectivity index (χ0n) is 9.11. The molecule has 0 aromatic carbocycles. The van der Waals surface area contributed by atoms with Crippen molar-refractivity contribution in [3.63, 3.8) is 0 Å². The van der Waals surface area contributed by atoms with Crippen LogP contribution in [-0.4, -0.2) is 22.5 Å². The van der Waals surface area contributed by atoms with Gasteiger partial charge in [-0.15, -0.1) is 11.3 Å². The van der Waals surface area contributed by atoms with Gasteiger partial charge in [0.25, 0.3) is 0 Å². The van der Waals surface area contributed by atoms with Gasteiger partial charge in [0.15, 0.2) is 0 Å². The van der Waals surface area contributed by atoms with Crippen molar-refractivity contribution in [3.8, 4) is 0 Å². The van der Waals surface area contributed by atoms with Crippen molar-refractivity contribution in [2.24, 2.45) is 5.73 Å². The van der Waals surface area contributed by atoms with Gasteiger partial charge in [0.1, 0.15) is 0 Å². The highest BCUT2D eigenvalue weighted by Gasteiger charge is 2.19. The van der Waals surface area contributed by atoms with Crippen molar-refractivity contribution in [2.45, 2.75) is 38.1 Å². The van der Waals surface area contributed by atoms with E-state index < -0.39 is 0 Å². The summed E-state index contributed by atoms with van der Waals surface area (Å²) in [5.41, 5.74) is 6.95. The lowest BCUT2D eigenvalue weighted by Gasteiger charge is -2.18. The van der Waals surface area contributed by atoms with Crippen LogP contribution < -0.4 is 5.73 Å². The number of thioether (sulfide) groups is 1. The summed E-state index contributed by atoms with van der Waals surface area (Å²) in [5.74, 6) is 3.29. The maximum atomic E-state index is 5.77. The Kier molecular flexibility index (Phi) is 4.05. The van der Waals surface area contributed by atoms with E-state index in [4.69, 9.17) is 10.7 Å². The smallest absolute Gasteiger partial charge is 0.0967 e. The average molecular weight is 242 g/mol. The van der Waals surface area contributed by atoms with Gasteiger partial charge in [-0.1, -0.05) is 0 Å². The van der Waals surface area contributed by atoms with Crippen molar-refractivity contribution in [3.05, 3.63) is 16.1 Å². The average Bonchev–Trinajstić information content (AvgIpc) is 2.67. The Morgan fingerprint density at radius 1 is 1.67 bits per heavy atom. The van der Waals surface area contributed by atoms with Crippen molar-refractivity contribution < 1.29 is 0 Å². The first-order valence-electron chi connectivity index (χ1n) is 5.53. The van der Waals surface area contributed by atoms with Crippen LogP contribution in [0.15, 0.2) is 5.38 Å². The fourth-order valence-corrected chi connectivity index (χ4v) is 4.09. The molecule has 0 aliphatic carbocycles. The minimum absolute atomic E-state index is 0.223.